The summed E-state index contributed by atoms with van der Waals surface area (Å²) >= 11 is 1.41. The fourth-order valence-corrected chi connectivity index (χ4v) is 12.4. The van der Waals surface area contributed by atoms with E-state index in [1.54, 1.807) is 39.8 Å². The molecule has 18 heteroatoms. The van der Waals surface area contributed by atoms with Gasteiger partial charge in [0.1, 0.15) is 30.6 Å². The van der Waals surface area contributed by atoms with Crippen LogP contribution in [0.4, 0.5) is 9.59 Å². The number of nitriles is 1. The number of phenolic OH excluding ortho intramolecular Hbond substituents is 1. The third-order valence-electron chi connectivity index (χ3n) is 13.3. The molecule has 7 unspecified atom stereocenters. The van der Waals surface area contributed by atoms with Gasteiger partial charge in [-0.2, -0.15) is 5.26 Å². The number of thioether (sulfide) groups is 1. The lowest BCUT2D eigenvalue weighted by Gasteiger charge is -2.62. The molecule has 2 saturated heterocycles. The van der Waals surface area contributed by atoms with Crippen molar-refractivity contribution in [3.8, 4) is 46.3 Å². The van der Waals surface area contributed by atoms with Crippen LogP contribution >= 0.6 is 11.8 Å². The Morgan fingerprint density at radius 2 is 1.80 bits per heavy atom. The average Bonchev–Trinajstić information content (AvgIpc) is 3.75. The third-order valence-corrected chi connectivity index (χ3v) is 14.7. The lowest BCUT2D eigenvalue weighted by molar-refractivity contribution is -0.157. The molecule has 65 heavy (non-hydrogen) atoms. The lowest BCUT2D eigenvalue weighted by atomic mass is 9.71. The molecule has 2 N–H and O–H groups in total. The second kappa shape index (κ2) is 16.5. The Morgan fingerprint density at radius 1 is 1.03 bits per heavy atom. The van der Waals surface area contributed by atoms with E-state index in [9.17, 15) is 20.0 Å². The van der Waals surface area contributed by atoms with E-state index in [-0.39, 0.29) is 54.8 Å². The predicted octanol–water partition coefficient (Wildman–Crippen LogP) is 6.37. The van der Waals surface area contributed by atoms with Gasteiger partial charge in [-0.1, -0.05) is 18.7 Å². The van der Waals surface area contributed by atoms with Gasteiger partial charge in [0.25, 0.3) is 0 Å². The van der Waals surface area contributed by atoms with E-state index in [2.05, 4.69) is 27.8 Å². The summed E-state index contributed by atoms with van der Waals surface area (Å²) in [5.41, 5.74) is 2.91. The number of methoxy groups -OCH3 is 2. The Balaban J connectivity index is 1.27. The maximum atomic E-state index is 15.1. The van der Waals surface area contributed by atoms with Crippen molar-refractivity contribution in [2.24, 2.45) is 0 Å². The maximum absolute atomic E-state index is 15.1. The van der Waals surface area contributed by atoms with Crippen LogP contribution < -0.4 is 33.7 Å². The van der Waals surface area contributed by atoms with Gasteiger partial charge >= 0.3 is 18.3 Å². The molecule has 3 aromatic rings. The summed E-state index contributed by atoms with van der Waals surface area (Å²) in [6.07, 6.45) is 0.472. The lowest BCUT2D eigenvalue weighted by Crippen LogP contribution is -2.69. The summed E-state index contributed by atoms with van der Waals surface area (Å²) in [4.78, 5) is 45.8. The van der Waals surface area contributed by atoms with Crippen LogP contribution in [0.5, 0.6) is 40.2 Å². The van der Waals surface area contributed by atoms with Gasteiger partial charge in [-0.15, -0.1) is 11.8 Å². The van der Waals surface area contributed by atoms with Crippen molar-refractivity contribution in [1.82, 2.24) is 15.1 Å². The highest BCUT2D eigenvalue weighted by Gasteiger charge is 2.62. The number of ether oxygens (including phenoxy) is 9. The first-order valence-corrected chi connectivity index (χ1v) is 22.5. The number of hydrogen-bond acceptors (Lipinski definition) is 18. The normalized spacial score (nSPS) is 26.3. The van der Waals surface area contributed by atoms with Gasteiger partial charge in [0.2, 0.25) is 6.79 Å². The van der Waals surface area contributed by atoms with Crippen molar-refractivity contribution in [1.29, 1.82) is 5.26 Å². The second-order valence-corrected chi connectivity index (χ2v) is 19.1. The summed E-state index contributed by atoms with van der Waals surface area (Å²) in [5.74, 6) is 1.08. The van der Waals surface area contributed by atoms with Crippen molar-refractivity contribution in [2.75, 3.05) is 53.6 Å². The zero-order valence-electron chi connectivity index (χ0n) is 37.5. The minimum Gasteiger partial charge on any atom is -0.504 e. The van der Waals surface area contributed by atoms with Crippen molar-refractivity contribution >= 4 is 30.0 Å². The SMILES string of the molecule is C=CCOC(=O)Oc1c(C)c2c(c3c1C1SCC4(NCCc5cc(OC(=O)OC(C)(C)C)c(OC)cc54)C(=O)OCC3N3C(C#N)C4Cc5cc(C)c(OC)c(O)c5C(C13)N4C)OCO2. The Hall–Kier alpha value is -5.87. The van der Waals surface area contributed by atoms with Crippen LogP contribution in [0.2, 0.25) is 0 Å². The molecule has 4 bridgehead atoms. The Labute approximate surface area is 380 Å². The quantitative estimate of drug-likeness (QED) is 0.120. The number of nitrogens with zero attached hydrogens (tertiary/aromatic N) is 3. The van der Waals surface area contributed by atoms with Crippen LogP contribution in [0.3, 0.4) is 0 Å². The van der Waals surface area contributed by atoms with Crippen LogP contribution in [0, 0.1) is 25.2 Å². The fourth-order valence-electron chi connectivity index (χ4n) is 10.7. The minimum atomic E-state index is -1.49. The van der Waals surface area contributed by atoms with E-state index >= 15 is 4.79 Å². The first kappa shape index (κ1) is 44.3. The molecule has 0 saturated carbocycles. The second-order valence-electron chi connectivity index (χ2n) is 18.0. The number of carbonyl (C=O) groups excluding carboxylic acids is 3. The fraction of sp³-hybridized carbons (Fsp3) is 0.489. The van der Waals surface area contributed by atoms with E-state index in [0.29, 0.717) is 64.5 Å². The molecule has 7 aliphatic heterocycles. The number of carbonyl (C=O) groups is 3. The highest BCUT2D eigenvalue weighted by molar-refractivity contribution is 7.99. The van der Waals surface area contributed by atoms with Gasteiger partial charge in [0.05, 0.1) is 37.6 Å². The zero-order valence-corrected chi connectivity index (χ0v) is 38.3. The maximum Gasteiger partial charge on any atom is 0.514 e. The number of likely N-dealkylation sites (N-methyl/N-ethyl adjacent to an activating group) is 1. The number of phenols is 1. The molecule has 2 fully saturated rings. The average molecular weight is 913 g/mol. The van der Waals surface area contributed by atoms with Gasteiger partial charge in [-0.3, -0.25) is 15.1 Å². The minimum absolute atomic E-state index is 0.0000326. The van der Waals surface area contributed by atoms with Crippen molar-refractivity contribution in [3.63, 3.8) is 0 Å². The summed E-state index contributed by atoms with van der Waals surface area (Å²) in [7, 11) is 4.92. The number of rotatable bonds is 6. The van der Waals surface area contributed by atoms with Crippen LogP contribution in [-0.4, -0.2) is 110 Å². The molecular formula is C47H52N4O13S. The number of esters is 1. The molecule has 1 spiro atoms. The van der Waals surface area contributed by atoms with E-state index in [1.807, 2.05) is 20.0 Å². The first-order chi connectivity index (χ1) is 31.1. The molecule has 7 aliphatic rings. The van der Waals surface area contributed by atoms with Crippen LogP contribution in [0.15, 0.2) is 30.9 Å². The smallest absolute Gasteiger partial charge is 0.504 e. The third kappa shape index (κ3) is 7.05. The first-order valence-electron chi connectivity index (χ1n) is 21.4. The summed E-state index contributed by atoms with van der Waals surface area (Å²) < 4.78 is 53.2. The number of hydrogen-bond donors (Lipinski definition) is 2. The van der Waals surface area contributed by atoms with Gasteiger partial charge < -0.3 is 47.7 Å². The Bertz CT molecular complexity index is 2550. The molecule has 7 atom stereocenters. The van der Waals surface area contributed by atoms with Gasteiger partial charge in [0, 0.05) is 46.6 Å². The van der Waals surface area contributed by atoms with Crippen LogP contribution in [0.1, 0.15) is 82.6 Å². The summed E-state index contributed by atoms with van der Waals surface area (Å²) in [5, 5.41) is 26.3. The highest BCUT2D eigenvalue weighted by Crippen LogP contribution is 2.64. The Kier molecular flexibility index (Phi) is 11.3. The monoisotopic (exact) mass is 912 g/mol. The number of aromatic hydroxyl groups is 1. The number of piperazine rings is 1. The van der Waals surface area contributed by atoms with Gasteiger partial charge in [-0.05, 0) is 88.9 Å². The molecular weight excluding hydrogens is 861 g/mol. The largest absolute Gasteiger partial charge is 0.514 e. The molecule has 0 radical (unpaired) electrons. The zero-order chi connectivity index (χ0) is 46.3. The number of aryl methyl sites for hydroxylation is 1. The molecule has 344 valence electrons. The standard InChI is InChI=1S/C47H52N4O13S/c1-10-13-58-44(54)63-39-23(3)40-41(61-21-60-40)33-29-19-59-43(53)47(26-17-30(56-8)31(16-24(26)11-12-49-47)62-45(55)64-46(4,5)6)20-65-42(34(33)39)36-35-32-25(14-22(2)38(57-9)37(32)52)15-27(50(35)7)28(18-48)51(29)36/h10,14,16-17,27-29,35-36,42,49,52H,1,11-13,15,19-21H2,2-9H3. The number of benzene rings is 3. The highest BCUT2D eigenvalue weighted by atomic mass is 32.2. The summed E-state index contributed by atoms with van der Waals surface area (Å²) in [6, 6.07) is 4.88. The van der Waals surface area contributed by atoms with Crippen molar-refractivity contribution in [2.45, 2.75) is 94.1 Å². The Morgan fingerprint density at radius 3 is 2.51 bits per heavy atom. The molecule has 0 amide bonds. The van der Waals surface area contributed by atoms with E-state index in [1.165, 1.54) is 32.1 Å². The van der Waals surface area contributed by atoms with E-state index in [4.69, 9.17) is 42.6 Å². The molecule has 10 rings (SSSR count). The van der Waals surface area contributed by atoms with Gasteiger partial charge in [-0.25, -0.2) is 14.4 Å². The molecule has 7 heterocycles. The molecule has 3 aromatic carbocycles. The predicted molar refractivity (Wildman–Crippen MR) is 234 cm³/mol. The van der Waals surface area contributed by atoms with Crippen molar-refractivity contribution in [3.05, 3.63) is 75.4 Å². The molecule has 0 aliphatic carbocycles. The van der Waals surface area contributed by atoms with E-state index < -0.39 is 58.8 Å². The number of fused-ring (bicyclic) bond motifs is 9. The van der Waals surface area contributed by atoms with Gasteiger partial charge in [0.15, 0.2) is 40.0 Å². The molecule has 0 aromatic heterocycles. The number of nitrogens with one attached hydrogen (secondary N) is 1. The molecule has 17 nitrogen and oxygen atoms in total. The van der Waals surface area contributed by atoms with E-state index in [0.717, 1.165) is 16.7 Å². The topological polar surface area (TPSA) is 197 Å². The van der Waals surface area contributed by atoms with Crippen molar-refractivity contribution < 1.29 is 62.1 Å². The van der Waals surface area contributed by atoms with Crippen LogP contribution in [-0.2, 0) is 37.4 Å². The summed E-state index contributed by atoms with van der Waals surface area (Å²) in [6.45, 7) is 12.4. The van der Waals surface area contributed by atoms with Crippen LogP contribution in [0.25, 0.3) is 0 Å².